The van der Waals surface area contributed by atoms with Crippen LogP contribution in [0.2, 0.25) is 0 Å². The van der Waals surface area contributed by atoms with E-state index in [2.05, 4.69) is 53.1 Å². The van der Waals surface area contributed by atoms with Crippen molar-refractivity contribution in [2.24, 2.45) is 0 Å². The molecule has 1 aromatic carbocycles. The highest BCUT2D eigenvalue weighted by atomic mass is 32.2. The first-order valence-electron chi connectivity index (χ1n) is 6.95. The molecule has 2 aromatic heterocycles. The van der Waals surface area contributed by atoms with Crippen LogP contribution in [0.3, 0.4) is 0 Å². The number of unbranched alkanes of at least 4 members (excludes halogenated alkanes) is 1. The Hall–Kier alpha value is -1.62. The number of aromatic amines is 1. The highest BCUT2D eigenvalue weighted by Gasteiger charge is 2.11. The molecule has 3 rings (SSSR count). The molecule has 0 saturated heterocycles. The quantitative estimate of drug-likeness (QED) is 0.581. The fraction of sp³-hybridized carbons (Fsp3) is 0.400. The molecule has 5 heteroatoms. The first kappa shape index (κ1) is 13.4. The van der Waals surface area contributed by atoms with Crippen LogP contribution in [0.5, 0.6) is 0 Å². The Morgan fingerprint density at radius 1 is 1.20 bits per heavy atom. The first-order chi connectivity index (χ1) is 9.69. The Labute approximate surface area is 122 Å². The van der Waals surface area contributed by atoms with Crippen LogP contribution in [-0.2, 0) is 0 Å². The highest BCUT2D eigenvalue weighted by molar-refractivity contribution is 7.99. The molecule has 0 spiro atoms. The average molecular weight is 286 g/mol. The second-order valence-electron chi connectivity index (χ2n) is 5.12. The molecule has 0 fully saturated rings. The van der Waals surface area contributed by atoms with E-state index in [4.69, 9.17) is 0 Å². The standard InChI is InChI=1S/C15H18N4S/c1-4-5-6-20-15-17-14-13(18-19-15)11-8-9(2)7-10(3)12(11)16-14/h7-8H,4-6H2,1-3H3,(H,16,17,19). The van der Waals surface area contributed by atoms with Gasteiger partial charge in [-0.25, -0.2) is 4.98 Å². The number of fused-ring (bicyclic) bond motifs is 3. The Morgan fingerprint density at radius 3 is 2.85 bits per heavy atom. The summed E-state index contributed by atoms with van der Waals surface area (Å²) in [6.45, 7) is 6.39. The Morgan fingerprint density at radius 2 is 2.05 bits per heavy atom. The van der Waals surface area contributed by atoms with E-state index >= 15 is 0 Å². The molecule has 104 valence electrons. The van der Waals surface area contributed by atoms with Crippen LogP contribution in [0.1, 0.15) is 30.9 Å². The summed E-state index contributed by atoms with van der Waals surface area (Å²) in [6.07, 6.45) is 2.37. The smallest absolute Gasteiger partial charge is 0.211 e. The van der Waals surface area contributed by atoms with Crippen LogP contribution < -0.4 is 0 Å². The van der Waals surface area contributed by atoms with Gasteiger partial charge >= 0.3 is 0 Å². The third-order valence-electron chi connectivity index (χ3n) is 3.37. The van der Waals surface area contributed by atoms with E-state index in [0.717, 1.165) is 33.0 Å². The number of aryl methyl sites for hydroxylation is 2. The molecule has 4 nitrogen and oxygen atoms in total. The molecule has 0 amide bonds. The third kappa shape index (κ3) is 2.38. The summed E-state index contributed by atoms with van der Waals surface area (Å²) in [6, 6.07) is 4.31. The highest BCUT2D eigenvalue weighted by Crippen LogP contribution is 2.27. The topological polar surface area (TPSA) is 54.5 Å². The molecule has 20 heavy (non-hydrogen) atoms. The zero-order chi connectivity index (χ0) is 14.1. The number of H-pyrrole nitrogens is 1. The minimum atomic E-state index is 0.756. The van der Waals surface area contributed by atoms with Crippen molar-refractivity contribution < 1.29 is 0 Å². The van der Waals surface area contributed by atoms with Crippen molar-refractivity contribution >= 4 is 33.8 Å². The Kier molecular flexibility index (Phi) is 3.61. The number of hydrogen-bond acceptors (Lipinski definition) is 4. The lowest BCUT2D eigenvalue weighted by Crippen LogP contribution is -1.92. The van der Waals surface area contributed by atoms with Gasteiger partial charge in [-0.2, -0.15) is 0 Å². The van der Waals surface area contributed by atoms with Gasteiger partial charge in [0.05, 0.1) is 5.52 Å². The molecule has 3 aromatic rings. The summed E-state index contributed by atoms with van der Waals surface area (Å²) in [5.41, 5.74) is 5.27. The van der Waals surface area contributed by atoms with E-state index in [9.17, 15) is 0 Å². The molecule has 0 saturated carbocycles. The van der Waals surface area contributed by atoms with E-state index < -0.39 is 0 Å². The van der Waals surface area contributed by atoms with Gasteiger partial charge in [0, 0.05) is 11.1 Å². The first-order valence-corrected chi connectivity index (χ1v) is 7.93. The van der Waals surface area contributed by atoms with Gasteiger partial charge < -0.3 is 4.98 Å². The zero-order valence-corrected chi connectivity index (χ0v) is 12.8. The Balaban J connectivity index is 2.07. The summed E-state index contributed by atoms with van der Waals surface area (Å²) in [5, 5.41) is 10.5. The number of benzene rings is 1. The van der Waals surface area contributed by atoms with Crippen molar-refractivity contribution in [2.45, 2.75) is 38.8 Å². The minimum absolute atomic E-state index is 0.756. The summed E-state index contributed by atoms with van der Waals surface area (Å²) in [7, 11) is 0. The van der Waals surface area contributed by atoms with Crippen molar-refractivity contribution in [2.75, 3.05) is 5.75 Å². The maximum absolute atomic E-state index is 4.59. The number of thioether (sulfide) groups is 1. The van der Waals surface area contributed by atoms with Crippen LogP contribution in [0.25, 0.3) is 22.1 Å². The van der Waals surface area contributed by atoms with Gasteiger partial charge in [-0.05, 0) is 31.9 Å². The summed E-state index contributed by atoms with van der Waals surface area (Å²) >= 11 is 1.67. The molecule has 0 aliphatic heterocycles. The zero-order valence-electron chi connectivity index (χ0n) is 12.0. The number of aromatic nitrogens is 4. The fourth-order valence-corrected chi connectivity index (χ4v) is 3.26. The lowest BCUT2D eigenvalue weighted by molar-refractivity contribution is 0.862. The third-order valence-corrected chi connectivity index (χ3v) is 4.30. The van der Waals surface area contributed by atoms with Crippen LogP contribution in [0, 0.1) is 13.8 Å². The van der Waals surface area contributed by atoms with Gasteiger partial charge in [-0.15, -0.1) is 10.2 Å². The van der Waals surface area contributed by atoms with Gasteiger partial charge in [-0.1, -0.05) is 36.7 Å². The Bertz CT molecular complexity index is 763. The molecule has 0 atom stereocenters. The van der Waals surface area contributed by atoms with Gasteiger partial charge in [0.1, 0.15) is 5.52 Å². The van der Waals surface area contributed by atoms with Crippen LogP contribution in [0.15, 0.2) is 17.3 Å². The number of nitrogens with zero attached hydrogens (tertiary/aromatic N) is 3. The second-order valence-corrected chi connectivity index (χ2v) is 6.19. The lowest BCUT2D eigenvalue weighted by atomic mass is 10.1. The van der Waals surface area contributed by atoms with Crippen molar-refractivity contribution in [3.05, 3.63) is 23.3 Å². The molecule has 0 aliphatic carbocycles. The van der Waals surface area contributed by atoms with Gasteiger partial charge in [-0.3, -0.25) is 0 Å². The largest absolute Gasteiger partial charge is 0.337 e. The minimum Gasteiger partial charge on any atom is -0.337 e. The predicted octanol–water partition coefficient (Wildman–Crippen LogP) is 4.02. The van der Waals surface area contributed by atoms with E-state index in [-0.39, 0.29) is 0 Å². The van der Waals surface area contributed by atoms with Crippen molar-refractivity contribution in [1.82, 2.24) is 20.2 Å². The SMILES string of the molecule is CCCCSc1nnc2c(n1)[nH]c1c(C)cc(C)cc12. The van der Waals surface area contributed by atoms with Crippen LogP contribution in [0.4, 0.5) is 0 Å². The van der Waals surface area contributed by atoms with Gasteiger partial charge in [0.2, 0.25) is 5.16 Å². The monoisotopic (exact) mass is 286 g/mol. The molecule has 2 heterocycles. The van der Waals surface area contributed by atoms with E-state index in [1.54, 1.807) is 11.8 Å². The summed E-state index contributed by atoms with van der Waals surface area (Å²) in [4.78, 5) is 7.97. The fourth-order valence-electron chi connectivity index (χ4n) is 2.39. The maximum atomic E-state index is 4.59. The molecular weight excluding hydrogens is 268 g/mol. The van der Waals surface area contributed by atoms with Crippen molar-refractivity contribution in [3.8, 4) is 0 Å². The van der Waals surface area contributed by atoms with Crippen molar-refractivity contribution in [1.29, 1.82) is 0 Å². The second kappa shape index (κ2) is 5.40. The molecule has 0 bridgehead atoms. The molecule has 0 unspecified atom stereocenters. The molecule has 0 radical (unpaired) electrons. The van der Waals surface area contributed by atoms with Gasteiger partial charge in [0.25, 0.3) is 0 Å². The number of hydrogen-bond donors (Lipinski definition) is 1. The van der Waals surface area contributed by atoms with E-state index in [1.807, 2.05) is 0 Å². The summed E-state index contributed by atoms with van der Waals surface area (Å²) < 4.78 is 0. The molecule has 1 N–H and O–H groups in total. The van der Waals surface area contributed by atoms with Crippen LogP contribution in [-0.4, -0.2) is 25.9 Å². The van der Waals surface area contributed by atoms with E-state index in [1.165, 1.54) is 24.0 Å². The number of rotatable bonds is 4. The molecule has 0 aliphatic rings. The summed E-state index contributed by atoms with van der Waals surface area (Å²) in [5.74, 6) is 1.04. The predicted molar refractivity (Wildman–Crippen MR) is 84.3 cm³/mol. The maximum Gasteiger partial charge on any atom is 0.211 e. The normalized spacial score (nSPS) is 11.6. The van der Waals surface area contributed by atoms with Crippen LogP contribution >= 0.6 is 11.8 Å². The van der Waals surface area contributed by atoms with Crippen molar-refractivity contribution in [3.63, 3.8) is 0 Å². The average Bonchev–Trinajstić information content (AvgIpc) is 2.77. The van der Waals surface area contributed by atoms with E-state index in [0.29, 0.717) is 0 Å². The lowest BCUT2D eigenvalue weighted by Gasteiger charge is -1.98. The molecular formula is C15H18N4S. The van der Waals surface area contributed by atoms with Gasteiger partial charge in [0.15, 0.2) is 5.65 Å². The number of nitrogens with one attached hydrogen (secondary N) is 1.